The molecule has 0 aliphatic carbocycles. The van der Waals surface area contributed by atoms with Crippen LogP contribution in [0.1, 0.15) is 11.8 Å². The lowest BCUT2D eigenvalue weighted by Crippen LogP contribution is -2.11. The van der Waals surface area contributed by atoms with Crippen LogP contribution in [0.2, 0.25) is 0 Å². The Labute approximate surface area is 277 Å². The predicted molar refractivity (Wildman–Crippen MR) is 190 cm³/mol. The number of benzene rings is 5. The summed E-state index contributed by atoms with van der Waals surface area (Å²) in [5.74, 6) is 0.559. The number of oxazole rings is 1. The van der Waals surface area contributed by atoms with Crippen LogP contribution in [0.15, 0.2) is 163 Å². The van der Waals surface area contributed by atoms with Crippen LogP contribution in [-0.2, 0) is 4.74 Å². The molecule has 0 saturated carbocycles. The van der Waals surface area contributed by atoms with Gasteiger partial charge < -0.3 is 14.5 Å². The zero-order valence-corrected chi connectivity index (χ0v) is 25.7. The van der Waals surface area contributed by atoms with Gasteiger partial charge in [-0.3, -0.25) is 9.97 Å². The number of hydrogen-bond donors (Lipinski definition) is 1. The molecule has 0 radical (unpaired) electrons. The molecular weight excluding hydrogens is 592 g/mol. The van der Waals surface area contributed by atoms with E-state index in [1.165, 1.54) is 11.1 Å². The first-order valence-electron chi connectivity index (χ1n) is 15.8. The summed E-state index contributed by atoms with van der Waals surface area (Å²) in [7, 11) is 0. The standard InChI is InChI=1S/C42H28N4O2/c1-2-6-27(7-3-1)28-10-12-29(13-11-28)30-14-15-35-36(24-30)40(38-26-32(17-19-44-38)42-46-21-23-48-42)34-9-5-4-8-33(34)39(35)37-25-31(16-18-43-37)41-45-20-22-47-41/h1-26,42,46H. The van der Waals surface area contributed by atoms with E-state index in [4.69, 9.17) is 19.1 Å². The number of pyridine rings is 2. The van der Waals surface area contributed by atoms with Crippen LogP contribution in [0.3, 0.4) is 0 Å². The van der Waals surface area contributed by atoms with Gasteiger partial charge in [0.1, 0.15) is 12.5 Å². The van der Waals surface area contributed by atoms with Gasteiger partial charge in [0, 0.05) is 40.8 Å². The lowest BCUT2D eigenvalue weighted by atomic mass is 9.86. The Bertz CT molecular complexity index is 2450. The van der Waals surface area contributed by atoms with Gasteiger partial charge in [-0.1, -0.05) is 91.0 Å². The molecule has 0 spiro atoms. The van der Waals surface area contributed by atoms with Crippen molar-refractivity contribution in [3.05, 3.63) is 164 Å². The van der Waals surface area contributed by atoms with Crippen molar-refractivity contribution in [2.45, 2.75) is 6.23 Å². The van der Waals surface area contributed by atoms with Gasteiger partial charge in [0.25, 0.3) is 0 Å². The molecule has 1 unspecified atom stereocenters. The summed E-state index contributed by atoms with van der Waals surface area (Å²) in [5, 5.41) is 7.60. The second kappa shape index (κ2) is 11.7. The number of hydrogen-bond acceptors (Lipinski definition) is 6. The molecule has 228 valence electrons. The number of aromatic nitrogens is 3. The van der Waals surface area contributed by atoms with Crippen molar-refractivity contribution in [2.24, 2.45) is 0 Å². The minimum atomic E-state index is -0.260. The summed E-state index contributed by atoms with van der Waals surface area (Å²) in [5.41, 5.74) is 10.3. The first kappa shape index (κ1) is 27.8. The van der Waals surface area contributed by atoms with Gasteiger partial charge in [-0.05, 0) is 74.1 Å². The predicted octanol–water partition coefficient (Wildman–Crippen LogP) is 10.2. The van der Waals surface area contributed by atoms with E-state index in [1.54, 1.807) is 18.7 Å². The van der Waals surface area contributed by atoms with E-state index in [2.05, 4.69) is 113 Å². The molecule has 4 heterocycles. The van der Waals surface area contributed by atoms with E-state index >= 15 is 0 Å². The first-order chi connectivity index (χ1) is 23.8. The molecular formula is C42H28N4O2. The van der Waals surface area contributed by atoms with Crippen molar-refractivity contribution in [1.29, 1.82) is 0 Å². The molecule has 6 nitrogen and oxygen atoms in total. The maximum atomic E-state index is 5.80. The molecule has 0 bridgehead atoms. The Kier molecular flexibility index (Phi) is 6.75. The Morgan fingerprint density at radius 1 is 0.500 bits per heavy atom. The first-order valence-corrected chi connectivity index (χ1v) is 15.8. The van der Waals surface area contributed by atoms with Gasteiger partial charge in [-0.2, -0.15) is 0 Å². The van der Waals surface area contributed by atoms with Gasteiger partial charge in [0.05, 0.1) is 17.6 Å². The third-order valence-corrected chi connectivity index (χ3v) is 8.92. The second-order valence-corrected chi connectivity index (χ2v) is 11.7. The van der Waals surface area contributed by atoms with Crippen molar-refractivity contribution < 1.29 is 9.15 Å². The molecule has 0 saturated heterocycles. The molecule has 1 N–H and O–H groups in total. The zero-order chi connectivity index (χ0) is 31.9. The quantitative estimate of drug-likeness (QED) is 0.187. The lowest BCUT2D eigenvalue weighted by molar-refractivity contribution is 0.154. The average molecular weight is 621 g/mol. The molecule has 1 aliphatic heterocycles. The van der Waals surface area contributed by atoms with E-state index in [1.807, 2.05) is 36.8 Å². The smallest absolute Gasteiger partial charge is 0.225 e. The Morgan fingerprint density at radius 2 is 1.15 bits per heavy atom. The van der Waals surface area contributed by atoms with E-state index in [0.717, 1.165) is 66.3 Å². The summed E-state index contributed by atoms with van der Waals surface area (Å²) in [6, 6.07) is 42.5. The minimum Gasteiger partial charge on any atom is -0.473 e. The van der Waals surface area contributed by atoms with E-state index in [9.17, 15) is 0 Å². The van der Waals surface area contributed by atoms with E-state index in [-0.39, 0.29) is 6.23 Å². The van der Waals surface area contributed by atoms with Gasteiger partial charge >= 0.3 is 0 Å². The molecule has 0 fully saturated rings. The maximum Gasteiger partial charge on any atom is 0.225 e. The number of ether oxygens (including phenoxy) is 1. The highest BCUT2D eigenvalue weighted by atomic mass is 16.5. The zero-order valence-electron chi connectivity index (χ0n) is 25.7. The van der Waals surface area contributed by atoms with E-state index < -0.39 is 0 Å². The number of rotatable bonds is 6. The summed E-state index contributed by atoms with van der Waals surface area (Å²) < 4.78 is 11.5. The molecule has 1 atom stereocenters. The van der Waals surface area contributed by atoms with Crippen LogP contribution in [0.4, 0.5) is 0 Å². The molecule has 5 aromatic carbocycles. The third kappa shape index (κ3) is 4.87. The van der Waals surface area contributed by atoms with Crippen LogP contribution in [0.5, 0.6) is 0 Å². The Morgan fingerprint density at radius 3 is 1.88 bits per heavy atom. The molecule has 3 aromatic heterocycles. The van der Waals surface area contributed by atoms with Crippen LogP contribution in [0.25, 0.3) is 77.8 Å². The molecule has 8 aromatic rings. The van der Waals surface area contributed by atoms with E-state index in [0.29, 0.717) is 5.89 Å². The summed E-state index contributed by atoms with van der Waals surface area (Å²) >= 11 is 0. The fourth-order valence-electron chi connectivity index (χ4n) is 6.67. The molecule has 1 aliphatic rings. The lowest BCUT2D eigenvalue weighted by Gasteiger charge is -2.19. The van der Waals surface area contributed by atoms with Gasteiger partial charge in [-0.25, -0.2) is 4.98 Å². The summed E-state index contributed by atoms with van der Waals surface area (Å²) in [6.45, 7) is 0. The second-order valence-electron chi connectivity index (χ2n) is 11.7. The number of nitrogens with zero attached hydrogens (tertiary/aromatic N) is 3. The van der Waals surface area contributed by atoms with Crippen molar-refractivity contribution in [1.82, 2.24) is 20.3 Å². The highest BCUT2D eigenvalue weighted by Crippen LogP contribution is 2.44. The normalized spacial score (nSPS) is 13.9. The van der Waals surface area contributed by atoms with Crippen LogP contribution in [-0.4, -0.2) is 15.0 Å². The monoisotopic (exact) mass is 620 g/mol. The highest BCUT2D eigenvalue weighted by Gasteiger charge is 2.21. The van der Waals surface area contributed by atoms with Crippen molar-refractivity contribution in [2.75, 3.05) is 0 Å². The molecule has 0 amide bonds. The SMILES string of the molecule is C1=COC(c2ccnc(-c3c4ccccc4c(-c4cc(-c5ncco5)ccn4)c4ccc(-c5ccc(-c6ccccc6)cc5)cc34)c2)N1. The van der Waals surface area contributed by atoms with Crippen LogP contribution < -0.4 is 5.32 Å². The summed E-state index contributed by atoms with van der Waals surface area (Å²) in [4.78, 5) is 14.2. The average Bonchev–Trinajstić information content (AvgIpc) is 3.90. The molecule has 48 heavy (non-hydrogen) atoms. The fourth-order valence-corrected chi connectivity index (χ4v) is 6.67. The number of fused-ring (bicyclic) bond motifs is 2. The minimum absolute atomic E-state index is 0.260. The van der Waals surface area contributed by atoms with Crippen molar-refractivity contribution in [3.63, 3.8) is 0 Å². The van der Waals surface area contributed by atoms with Crippen molar-refractivity contribution in [3.8, 4) is 56.2 Å². The maximum absolute atomic E-state index is 5.80. The highest BCUT2D eigenvalue weighted by molar-refractivity contribution is 6.21. The van der Waals surface area contributed by atoms with Crippen LogP contribution in [0, 0.1) is 0 Å². The molecule has 6 heteroatoms. The number of nitrogens with one attached hydrogen (secondary N) is 1. The summed E-state index contributed by atoms with van der Waals surface area (Å²) in [6.07, 6.45) is 10.2. The topological polar surface area (TPSA) is 73.1 Å². The third-order valence-electron chi connectivity index (χ3n) is 8.92. The molecule has 9 rings (SSSR count). The fraction of sp³-hybridized carbons (Fsp3) is 0.0238. The van der Waals surface area contributed by atoms with Gasteiger partial charge in [-0.15, -0.1) is 0 Å². The largest absolute Gasteiger partial charge is 0.473 e. The van der Waals surface area contributed by atoms with Crippen LogP contribution >= 0.6 is 0 Å². The van der Waals surface area contributed by atoms with Gasteiger partial charge in [0.15, 0.2) is 6.23 Å². The van der Waals surface area contributed by atoms with Gasteiger partial charge in [0.2, 0.25) is 5.89 Å². The van der Waals surface area contributed by atoms with Crippen molar-refractivity contribution >= 4 is 21.5 Å². The Hall–Kier alpha value is -6.53. The Balaban J connectivity index is 1.29.